The summed E-state index contributed by atoms with van der Waals surface area (Å²) in [4.78, 5) is 40.0. The van der Waals surface area contributed by atoms with Crippen LogP contribution in [0.2, 0.25) is 0 Å². The van der Waals surface area contributed by atoms with Gasteiger partial charge in [0.25, 0.3) is 5.69 Å². The minimum absolute atomic E-state index is 0.168. The molecule has 2 heterocycles. The first-order chi connectivity index (χ1) is 11.9. The quantitative estimate of drug-likeness (QED) is 0.360. The number of carbonyl (C=O) groups is 2. The lowest BCUT2D eigenvalue weighted by atomic mass is 10.3. The molecular weight excluding hydrogens is 352 g/mol. The van der Waals surface area contributed by atoms with Crippen LogP contribution in [0.1, 0.15) is 6.42 Å². The van der Waals surface area contributed by atoms with E-state index >= 15 is 0 Å². The highest BCUT2D eigenvalue weighted by molar-refractivity contribution is 8.00. The zero-order valence-corrected chi connectivity index (χ0v) is 13.3. The van der Waals surface area contributed by atoms with Gasteiger partial charge >= 0.3 is 11.9 Å². The molecule has 0 aliphatic heterocycles. The highest BCUT2D eigenvalue weighted by atomic mass is 32.2. The molecule has 1 unspecified atom stereocenters. The Morgan fingerprint density at radius 1 is 1.28 bits per heavy atom. The molecule has 2 rings (SSSR count). The summed E-state index contributed by atoms with van der Waals surface area (Å²) in [5.74, 6) is -2.20. The van der Waals surface area contributed by atoms with E-state index in [0.29, 0.717) is 11.5 Å². The molecule has 0 spiro atoms. The van der Waals surface area contributed by atoms with Gasteiger partial charge in [0.1, 0.15) is 22.3 Å². The molecule has 0 aliphatic rings. The Bertz CT molecular complexity index is 798. The average Bonchev–Trinajstić information content (AvgIpc) is 2.56. The number of carboxylic acids is 2. The molecule has 2 aromatic rings. The molecule has 0 fully saturated rings. The van der Waals surface area contributed by atoms with Gasteiger partial charge in [0, 0.05) is 12.3 Å². The van der Waals surface area contributed by atoms with Crippen molar-refractivity contribution in [1.29, 1.82) is 0 Å². The Kier molecular flexibility index (Phi) is 5.84. The number of hydrogen-bond acceptors (Lipinski definition) is 8. The number of anilines is 2. The molecule has 0 amide bonds. The second-order valence-corrected chi connectivity index (χ2v) is 5.87. The summed E-state index contributed by atoms with van der Waals surface area (Å²) in [6, 6.07) is 5.87. The number of aromatic nitrogens is 2. The molecule has 0 radical (unpaired) electrons. The van der Waals surface area contributed by atoms with E-state index in [-0.39, 0.29) is 10.7 Å². The molecule has 0 bridgehead atoms. The van der Waals surface area contributed by atoms with Crippen molar-refractivity contribution in [1.82, 2.24) is 9.97 Å². The van der Waals surface area contributed by atoms with Crippen LogP contribution in [0, 0.1) is 10.1 Å². The summed E-state index contributed by atoms with van der Waals surface area (Å²) in [6.45, 7) is 0. The van der Waals surface area contributed by atoms with Crippen LogP contribution in [0.25, 0.3) is 0 Å². The number of pyridine rings is 2. The van der Waals surface area contributed by atoms with Gasteiger partial charge in [-0.1, -0.05) is 11.8 Å². The number of nitrogens with one attached hydrogen (secondary N) is 1. The first kappa shape index (κ1) is 18.1. The van der Waals surface area contributed by atoms with Gasteiger partial charge in [0.2, 0.25) is 0 Å². The Balaban J connectivity index is 2.20. The van der Waals surface area contributed by atoms with Crippen LogP contribution in [0.5, 0.6) is 0 Å². The largest absolute Gasteiger partial charge is 0.481 e. The first-order valence-electron chi connectivity index (χ1n) is 6.80. The third kappa shape index (κ3) is 5.14. The fraction of sp³-hybridized carbons (Fsp3) is 0.143. The van der Waals surface area contributed by atoms with E-state index in [2.05, 4.69) is 15.3 Å². The van der Waals surface area contributed by atoms with Crippen molar-refractivity contribution < 1.29 is 24.7 Å². The van der Waals surface area contributed by atoms with E-state index in [9.17, 15) is 19.7 Å². The number of hydrogen-bond donors (Lipinski definition) is 3. The van der Waals surface area contributed by atoms with Gasteiger partial charge in [-0.25, -0.2) is 9.97 Å². The number of nitrogens with zero attached hydrogens (tertiary/aromatic N) is 3. The molecule has 1 atom stereocenters. The maximum Gasteiger partial charge on any atom is 0.317 e. The summed E-state index contributed by atoms with van der Waals surface area (Å²) in [5, 5.41) is 30.5. The van der Waals surface area contributed by atoms with E-state index in [1.807, 2.05) is 0 Å². The Hall–Kier alpha value is -3.21. The van der Waals surface area contributed by atoms with Gasteiger partial charge in [-0.3, -0.25) is 19.7 Å². The smallest absolute Gasteiger partial charge is 0.317 e. The summed E-state index contributed by atoms with van der Waals surface area (Å²) < 4.78 is 0. The van der Waals surface area contributed by atoms with E-state index in [1.54, 1.807) is 12.1 Å². The molecule has 0 aliphatic carbocycles. The summed E-state index contributed by atoms with van der Waals surface area (Å²) in [6.07, 6.45) is 1.96. The maximum absolute atomic E-state index is 11.2. The van der Waals surface area contributed by atoms with Crippen LogP contribution in [0.4, 0.5) is 17.2 Å². The SMILES string of the molecule is O=C(O)CC(Sc1ncccc1Nc1ccc([N+](=O)[O-])cn1)C(=O)O. The van der Waals surface area contributed by atoms with Crippen LogP contribution in [-0.2, 0) is 9.59 Å². The van der Waals surface area contributed by atoms with Crippen LogP contribution < -0.4 is 5.32 Å². The molecular formula is C14H12N4O6S. The number of thioether (sulfide) groups is 1. The van der Waals surface area contributed by atoms with Crippen molar-refractivity contribution in [2.24, 2.45) is 0 Å². The van der Waals surface area contributed by atoms with Crippen molar-refractivity contribution in [3.8, 4) is 0 Å². The topological polar surface area (TPSA) is 156 Å². The van der Waals surface area contributed by atoms with Crippen molar-refractivity contribution in [2.75, 3.05) is 5.32 Å². The Morgan fingerprint density at radius 3 is 2.60 bits per heavy atom. The van der Waals surface area contributed by atoms with E-state index in [4.69, 9.17) is 10.2 Å². The molecule has 0 aromatic carbocycles. The minimum atomic E-state index is -1.27. The third-order valence-electron chi connectivity index (χ3n) is 2.88. The average molecular weight is 364 g/mol. The second kappa shape index (κ2) is 8.06. The van der Waals surface area contributed by atoms with Gasteiger partial charge in [-0.05, 0) is 18.2 Å². The predicted octanol–water partition coefficient (Wildman–Crippen LogP) is 2.15. The van der Waals surface area contributed by atoms with Crippen molar-refractivity contribution in [3.05, 3.63) is 46.8 Å². The second-order valence-electron chi connectivity index (χ2n) is 4.68. The number of aliphatic carboxylic acids is 2. The van der Waals surface area contributed by atoms with Crippen LogP contribution >= 0.6 is 11.8 Å². The summed E-state index contributed by atoms with van der Waals surface area (Å²) in [5.41, 5.74) is 0.240. The van der Waals surface area contributed by atoms with E-state index in [1.165, 1.54) is 18.3 Å². The standard InChI is InChI=1S/C14H12N4O6S/c19-12(20)6-10(14(21)22)25-13-9(2-1-5-15-13)17-11-4-3-8(7-16-11)18(23)24/h1-5,7,10H,6H2,(H,16,17)(H,19,20)(H,21,22). The third-order valence-corrected chi connectivity index (χ3v) is 4.08. The van der Waals surface area contributed by atoms with Gasteiger partial charge in [0.15, 0.2) is 0 Å². The van der Waals surface area contributed by atoms with Gasteiger partial charge in [0.05, 0.1) is 17.0 Å². The zero-order chi connectivity index (χ0) is 18.4. The fourth-order valence-corrected chi connectivity index (χ4v) is 2.72. The van der Waals surface area contributed by atoms with Crippen LogP contribution in [-0.4, -0.2) is 42.3 Å². The zero-order valence-electron chi connectivity index (χ0n) is 12.5. The van der Waals surface area contributed by atoms with Crippen molar-refractivity contribution >= 4 is 40.9 Å². The summed E-state index contributed by atoms with van der Waals surface area (Å²) >= 11 is 0.789. The van der Waals surface area contributed by atoms with Gasteiger partial charge in [-0.15, -0.1) is 0 Å². The molecule has 11 heteroatoms. The molecule has 10 nitrogen and oxygen atoms in total. The molecule has 0 saturated heterocycles. The monoisotopic (exact) mass is 364 g/mol. The molecule has 2 aromatic heterocycles. The van der Waals surface area contributed by atoms with Crippen LogP contribution in [0.3, 0.4) is 0 Å². The van der Waals surface area contributed by atoms with E-state index in [0.717, 1.165) is 18.0 Å². The lowest BCUT2D eigenvalue weighted by Crippen LogP contribution is -2.20. The highest BCUT2D eigenvalue weighted by Gasteiger charge is 2.24. The number of carboxylic acid groups (broad SMARTS) is 2. The Morgan fingerprint density at radius 2 is 2.04 bits per heavy atom. The van der Waals surface area contributed by atoms with Gasteiger partial charge in [-0.2, -0.15) is 0 Å². The van der Waals surface area contributed by atoms with Crippen LogP contribution in [0.15, 0.2) is 41.7 Å². The molecule has 0 saturated carbocycles. The molecule has 25 heavy (non-hydrogen) atoms. The van der Waals surface area contributed by atoms with E-state index < -0.39 is 28.5 Å². The van der Waals surface area contributed by atoms with Gasteiger partial charge < -0.3 is 15.5 Å². The summed E-state index contributed by atoms with van der Waals surface area (Å²) in [7, 11) is 0. The first-order valence-corrected chi connectivity index (χ1v) is 7.68. The lowest BCUT2D eigenvalue weighted by Gasteiger charge is -2.13. The minimum Gasteiger partial charge on any atom is -0.481 e. The number of nitro groups is 1. The fourth-order valence-electron chi connectivity index (χ4n) is 1.76. The normalized spacial score (nSPS) is 11.5. The Labute approximate surface area is 145 Å². The lowest BCUT2D eigenvalue weighted by molar-refractivity contribution is -0.385. The van der Waals surface area contributed by atoms with Crippen molar-refractivity contribution in [3.63, 3.8) is 0 Å². The molecule has 3 N–H and O–H groups in total. The maximum atomic E-state index is 11.2. The van der Waals surface area contributed by atoms with Crippen molar-refractivity contribution in [2.45, 2.75) is 16.7 Å². The highest BCUT2D eigenvalue weighted by Crippen LogP contribution is 2.31. The predicted molar refractivity (Wildman–Crippen MR) is 87.9 cm³/mol. The molecule has 130 valence electrons. The number of rotatable bonds is 8.